The van der Waals surface area contributed by atoms with Crippen molar-refractivity contribution >= 4 is 23.3 Å². The van der Waals surface area contributed by atoms with E-state index in [1.807, 2.05) is 13.8 Å². The highest BCUT2D eigenvalue weighted by Crippen LogP contribution is 2.35. The van der Waals surface area contributed by atoms with Crippen molar-refractivity contribution in [3.63, 3.8) is 0 Å². The van der Waals surface area contributed by atoms with E-state index in [1.165, 1.54) is 24.0 Å². The molecule has 0 bridgehead atoms. The zero-order valence-corrected chi connectivity index (χ0v) is 13.9. The van der Waals surface area contributed by atoms with Crippen molar-refractivity contribution in [3.8, 4) is 0 Å². The molecular formula is C18H24N2O3. The topological polar surface area (TPSA) is 58.6 Å². The lowest BCUT2D eigenvalue weighted by Crippen LogP contribution is -2.43. The molecule has 1 aromatic carbocycles. The predicted octanol–water partition coefficient (Wildman–Crippen LogP) is 2.67. The maximum Gasteiger partial charge on any atom is 0.326 e. The van der Waals surface area contributed by atoms with Gasteiger partial charge in [0.25, 0.3) is 0 Å². The molecule has 1 N–H and O–H groups in total. The van der Waals surface area contributed by atoms with Crippen molar-refractivity contribution < 1.29 is 14.3 Å². The number of aryl methyl sites for hydroxylation is 2. The standard InChI is InChI=1S/C18H24N2O3/c1-3-12(2)23-18(22)11-20-16-9-14-7-5-4-6-13(14)8-15(16)19-10-17(20)21/h8-9,12,19H,3-7,10-11H2,1-2H3. The van der Waals surface area contributed by atoms with E-state index in [1.54, 1.807) is 4.90 Å². The minimum absolute atomic E-state index is 0.0172. The summed E-state index contributed by atoms with van der Waals surface area (Å²) in [5.41, 5.74) is 4.41. The van der Waals surface area contributed by atoms with Gasteiger partial charge in [-0.25, -0.2) is 0 Å². The Labute approximate surface area is 137 Å². The minimum Gasteiger partial charge on any atom is -0.461 e. The summed E-state index contributed by atoms with van der Waals surface area (Å²) in [7, 11) is 0. The predicted molar refractivity (Wildman–Crippen MR) is 89.8 cm³/mol. The van der Waals surface area contributed by atoms with Crippen LogP contribution < -0.4 is 10.2 Å². The molecule has 3 rings (SSSR count). The van der Waals surface area contributed by atoms with Crippen LogP contribution in [-0.4, -0.2) is 31.1 Å². The third kappa shape index (κ3) is 3.33. The molecule has 1 atom stereocenters. The van der Waals surface area contributed by atoms with Crippen molar-refractivity contribution in [1.29, 1.82) is 0 Å². The molecule has 1 aromatic rings. The SMILES string of the molecule is CCC(C)OC(=O)CN1C(=O)CNc2cc3c(cc21)CCCC3. The molecule has 0 radical (unpaired) electrons. The molecule has 1 unspecified atom stereocenters. The lowest BCUT2D eigenvalue weighted by molar-refractivity contribution is -0.147. The first-order valence-electron chi connectivity index (χ1n) is 8.48. The molecule has 2 aliphatic rings. The lowest BCUT2D eigenvalue weighted by atomic mass is 9.90. The average Bonchev–Trinajstić information content (AvgIpc) is 2.55. The first kappa shape index (κ1) is 15.8. The fraction of sp³-hybridized carbons (Fsp3) is 0.556. The molecule has 5 heteroatoms. The quantitative estimate of drug-likeness (QED) is 0.868. The molecule has 1 aliphatic carbocycles. The largest absolute Gasteiger partial charge is 0.461 e. The van der Waals surface area contributed by atoms with Gasteiger partial charge in [-0.3, -0.25) is 14.5 Å². The summed E-state index contributed by atoms with van der Waals surface area (Å²) < 4.78 is 5.33. The second-order valence-corrected chi connectivity index (χ2v) is 6.39. The second kappa shape index (κ2) is 6.60. The number of nitrogens with one attached hydrogen (secondary N) is 1. The summed E-state index contributed by atoms with van der Waals surface area (Å²) in [6, 6.07) is 4.22. The van der Waals surface area contributed by atoms with Crippen molar-refractivity contribution in [3.05, 3.63) is 23.3 Å². The van der Waals surface area contributed by atoms with E-state index in [4.69, 9.17) is 4.74 Å². The van der Waals surface area contributed by atoms with Crippen LogP contribution in [0.4, 0.5) is 11.4 Å². The molecule has 23 heavy (non-hydrogen) atoms. The normalized spacial score (nSPS) is 17.8. The number of anilines is 2. The molecular weight excluding hydrogens is 292 g/mol. The second-order valence-electron chi connectivity index (χ2n) is 6.39. The third-order valence-corrected chi connectivity index (χ3v) is 4.68. The van der Waals surface area contributed by atoms with Crippen molar-refractivity contribution in [2.45, 2.75) is 52.1 Å². The maximum atomic E-state index is 12.3. The number of esters is 1. The molecule has 124 valence electrons. The Morgan fingerprint density at radius 3 is 2.70 bits per heavy atom. The highest BCUT2D eigenvalue weighted by atomic mass is 16.5. The zero-order chi connectivity index (χ0) is 16.4. The number of hydrogen-bond donors (Lipinski definition) is 1. The number of carbonyl (C=O) groups excluding carboxylic acids is 2. The molecule has 0 fully saturated rings. The first-order valence-corrected chi connectivity index (χ1v) is 8.48. The van der Waals surface area contributed by atoms with Crippen LogP contribution in [0.25, 0.3) is 0 Å². The molecule has 1 heterocycles. The van der Waals surface area contributed by atoms with Gasteiger partial charge in [0.15, 0.2) is 0 Å². The monoisotopic (exact) mass is 316 g/mol. The Morgan fingerprint density at radius 2 is 2.00 bits per heavy atom. The maximum absolute atomic E-state index is 12.3. The van der Waals surface area contributed by atoms with Crippen LogP contribution in [0.2, 0.25) is 0 Å². The van der Waals surface area contributed by atoms with Crippen LogP contribution >= 0.6 is 0 Å². The molecule has 0 aromatic heterocycles. The lowest BCUT2D eigenvalue weighted by Gasteiger charge is -2.31. The van der Waals surface area contributed by atoms with Crippen molar-refractivity contribution in [1.82, 2.24) is 0 Å². The van der Waals surface area contributed by atoms with Crippen LogP contribution in [0.1, 0.15) is 44.2 Å². The molecule has 5 nitrogen and oxygen atoms in total. The summed E-state index contributed by atoms with van der Waals surface area (Å²) in [5.74, 6) is -0.437. The van der Waals surface area contributed by atoms with Gasteiger partial charge in [-0.05, 0) is 62.3 Å². The van der Waals surface area contributed by atoms with Gasteiger partial charge >= 0.3 is 5.97 Å². The van der Waals surface area contributed by atoms with E-state index in [2.05, 4.69) is 17.4 Å². The number of rotatable bonds is 4. The number of fused-ring (bicyclic) bond motifs is 2. The summed E-state index contributed by atoms with van der Waals surface area (Å²) in [6.07, 6.45) is 5.18. The van der Waals surface area contributed by atoms with Crippen molar-refractivity contribution in [2.75, 3.05) is 23.3 Å². The molecule has 0 saturated heterocycles. The van der Waals surface area contributed by atoms with E-state index in [-0.39, 0.29) is 31.1 Å². The van der Waals surface area contributed by atoms with Crippen LogP contribution in [0, 0.1) is 0 Å². The molecule has 0 saturated carbocycles. The molecule has 0 spiro atoms. The summed E-state index contributed by atoms with van der Waals surface area (Å²) in [6.45, 7) is 4.04. The fourth-order valence-corrected chi connectivity index (χ4v) is 3.19. The van der Waals surface area contributed by atoms with E-state index in [0.717, 1.165) is 30.6 Å². The highest BCUT2D eigenvalue weighted by Gasteiger charge is 2.28. The van der Waals surface area contributed by atoms with E-state index >= 15 is 0 Å². The van der Waals surface area contributed by atoms with Crippen molar-refractivity contribution in [2.24, 2.45) is 0 Å². The zero-order valence-electron chi connectivity index (χ0n) is 13.9. The first-order chi connectivity index (χ1) is 11.1. The van der Waals surface area contributed by atoms with Gasteiger partial charge in [-0.1, -0.05) is 6.92 Å². The van der Waals surface area contributed by atoms with Gasteiger partial charge in [0, 0.05) is 0 Å². The Kier molecular flexibility index (Phi) is 4.55. The van der Waals surface area contributed by atoms with Gasteiger partial charge in [0.05, 0.1) is 24.0 Å². The van der Waals surface area contributed by atoms with E-state index in [9.17, 15) is 9.59 Å². The van der Waals surface area contributed by atoms with E-state index in [0.29, 0.717) is 0 Å². The van der Waals surface area contributed by atoms with Gasteiger partial charge in [0.1, 0.15) is 6.54 Å². The number of carbonyl (C=O) groups is 2. The number of ether oxygens (including phenoxy) is 1. The van der Waals surface area contributed by atoms with Gasteiger partial charge < -0.3 is 10.1 Å². The Bertz CT molecular complexity index is 627. The number of hydrogen-bond acceptors (Lipinski definition) is 4. The third-order valence-electron chi connectivity index (χ3n) is 4.68. The fourth-order valence-electron chi connectivity index (χ4n) is 3.19. The van der Waals surface area contributed by atoms with Crippen LogP contribution in [0.5, 0.6) is 0 Å². The van der Waals surface area contributed by atoms with Crippen LogP contribution in [0.3, 0.4) is 0 Å². The van der Waals surface area contributed by atoms with Gasteiger partial charge in [0.2, 0.25) is 5.91 Å². The number of nitrogens with zero attached hydrogens (tertiary/aromatic N) is 1. The van der Waals surface area contributed by atoms with Gasteiger partial charge in [-0.2, -0.15) is 0 Å². The highest BCUT2D eigenvalue weighted by molar-refractivity contribution is 6.05. The Balaban J connectivity index is 1.84. The average molecular weight is 316 g/mol. The summed E-state index contributed by atoms with van der Waals surface area (Å²) >= 11 is 0. The number of amides is 1. The van der Waals surface area contributed by atoms with Crippen LogP contribution in [-0.2, 0) is 27.2 Å². The minimum atomic E-state index is -0.349. The summed E-state index contributed by atoms with van der Waals surface area (Å²) in [5, 5.41) is 3.17. The Morgan fingerprint density at radius 1 is 1.30 bits per heavy atom. The Hall–Kier alpha value is -2.04. The smallest absolute Gasteiger partial charge is 0.326 e. The van der Waals surface area contributed by atoms with Crippen LogP contribution in [0.15, 0.2) is 12.1 Å². The van der Waals surface area contributed by atoms with Gasteiger partial charge in [-0.15, -0.1) is 0 Å². The van der Waals surface area contributed by atoms with E-state index < -0.39 is 0 Å². The molecule has 1 amide bonds. The summed E-state index contributed by atoms with van der Waals surface area (Å²) in [4.78, 5) is 25.9. The number of benzene rings is 1. The molecule has 1 aliphatic heterocycles.